The molecule has 0 radical (unpaired) electrons. The molecule has 6 heteroatoms. The minimum absolute atomic E-state index is 0.0119. The van der Waals surface area contributed by atoms with Crippen LogP contribution in [0.2, 0.25) is 0 Å². The molecule has 0 spiro atoms. The fourth-order valence-electron chi connectivity index (χ4n) is 1.95. The molecule has 0 amide bonds. The van der Waals surface area contributed by atoms with Crippen LogP contribution in [-0.2, 0) is 10.0 Å². The molecule has 2 atom stereocenters. The zero-order valence-corrected chi connectivity index (χ0v) is 11.4. The molecule has 16 heavy (non-hydrogen) atoms. The summed E-state index contributed by atoms with van der Waals surface area (Å²) >= 11 is 4.78. The molecule has 3 N–H and O–H groups in total. The van der Waals surface area contributed by atoms with Crippen LogP contribution in [0.1, 0.15) is 39.5 Å². The minimum atomic E-state index is -3.41. The summed E-state index contributed by atoms with van der Waals surface area (Å²) in [7, 11) is -3.41. The van der Waals surface area contributed by atoms with E-state index in [1.807, 2.05) is 6.92 Å². The number of nitrogens with two attached hydrogens (primary N) is 1. The van der Waals surface area contributed by atoms with Crippen molar-refractivity contribution in [3.63, 3.8) is 0 Å². The SMILES string of the molecule is CCC(C(N)=S)S(=O)(=O)NC(C)C1CCC1. The van der Waals surface area contributed by atoms with Gasteiger partial charge in [-0.2, -0.15) is 0 Å². The summed E-state index contributed by atoms with van der Waals surface area (Å²) in [6.07, 6.45) is 3.83. The Labute approximate surface area is 103 Å². The molecule has 0 aromatic rings. The van der Waals surface area contributed by atoms with Gasteiger partial charge in [0.25, 0.3) is 0 Å². The van der Waals surface area contributed by atoms with Crippen molar-refractivity contribution >= 4 is 27.2 Å². The normalized spacial score (nSPS) is 21.1. The molecule has 0 aliphatic heterocycles. The highest BCUT2D eigenvalue weighted by atomic mass is 32.2. The van der Waals surface area contributed by atoms with Gasteiger partial charge in [-0.3, -0.25) is 0 Å². The van der Waals surface area contributed by atoms with Crippen LogP contribution in [0, 0.1) is 5.92 Å². The Morgan fingerprint density at radius 1 is 1.56 bits per heavy atom. The number of hydrogen-bond acceptors (Lipinski definition) is 3. The van der Waals surface area contributed by atoms with E-state index in [4.69, 9.17) is 18.0 Å². The number of sulfonamides is 1. The Morgan fingerprint density at radius 3 is 2.44 bits per heavy atom. The predicted molar refractivity (Wildman–Crippen MR) is 69.7 cm³/mol. The van der Waals surface area contributed by atoms with Gasteiger partial charge in [-0.1, -0.05) is 25.6 Å². The topological polar surface area (TPSA) is 72.2 Å². The van der Waals surface area contributed by atoms with Gasteiger partial charge in [-0.25, -0.2) is 13.1 Å². The van der Waals surface area contributed by atoms with Gasteiger partial charge < -0.3 is 5.73 Å². The third-order valence-corrected chi connectivity index (χ3v) is 5.74. The van der Waals surface area contributed by atoms with Gasteiger partial charge in [-0.05, 0) is 32.1 Å². The highest BCUT2D eigenvalue weighted by Crippen LogP contribution is 2.29. The second-order valence-electron chi connectivity index (χ2n) is 4.44. The lowest BCUT2D eigenvalue weighted by Gasteiger charge is -2.32. The lowest BCUT2D eigenvalue weighted by atomic mass is 9.81. The highest BCUT2D eigenvalue weighted by molar-refractivity contribution is 7.93. The minimum Gasteiger partial charge on any atom is -0.392 e. The second kappa shape index (κ2) is 5.42. The van der Waals surface area contributed by atoms with Crippen molar-refractivity contribution < 1.29 is 8.42 Å². The fraction of sp³-hybridized carbons (Fsp3) is 0.900. The number of thiocarbonyl (C=S) groups is 1. The molecule has 0 bridgehead atoms. The van der Waals surface area contributed by atoms with E-state index in [-0.39, 0.29) is 11.0 Å². The van der Waals surface area contributed by atoms with E-state index in [9.17, 15) is 8.42 Å². The monoisotopic (exact) mass is 264 g/mol. The molecule has 4 nitrogen and oxygen atoms in total. The average Bonchev–Trinajstić information content (AvgIpc) is 1.97. The van der Waals surface area contributed by atoms with Gasteiger partial charge in [-0.15, -0.1) is 0 Å². The number of hydrogen-bond donors (Lipinski definition) is 2. The summed E-state index contributed by atoms with van der Waals surface area (Å²) < 4.78 is 26.7. The van der Waals surface area contributed by atoms with Gasteiger partial charge in [0.05, 0.1) is 4.99 Å². The van der Waals surface area contributed by atoms with Crippen molar-refractivity contribution in [1.82, 2.24) is 4.72 Å². The zero-order valence-electron chi connectivity index (χ0n) is 9.77. The van der Waals surface area contributed by atoms with Crippen LogP contribution in [0.25, 0.3) is 0 Å². The average molecular weight is 264 g/mol. The molecule has 0 aromatic carbocycles. The lowest BCUT2D eigenvalue weighted by Crippen LogP contribution is -2.48. The molecule has 1 aliphatic carbocycles. The second-order valence-corrected chi connectivity index (χ2v) is 6.81. The lowest BCUT2D eigenvalue weighted by molar-refractivity contribution is 0.260. The summed E-state index contributed by atoms with van der Waals surface area (Å²) in [4.78, 5) is 0.0517. The van der Waals surface area contributed by atoms with Gasteiger partial charge in [0, 0.05) is 6.04 Å². The van der Waals surface area contributed by atoms with Gasteiger partial charge in [0.2, 0.25) is 10.0 Å². The Bertz CT molecular complexity index is 350. The third kappa shape index (κ3) is 3.15. The maximum Gasteiger partial charge on any atom is 0.221 e. The molecule has 0 heterocycles. The van der Waals surface area contributed by atoms with E-state index < -0.39 is 15.3 Å². The first kappa shape index (κ1) is 13.9. The van der Waals surface area contributed by atoms with Crippen molar-refractivity contribution in [2.24, 2.45) is 11.7 Å². The third-order valence-electron chi connectivity index (χ3n) is 3.27. The van der Waals surface area contributed by atoms with Crippen molar-refractivity contribution in [2.45, 2.75) is 50.8 Å². The first-order valence-electron chi connectivity index (χ1n) is 5.69. The molecule has 1 fully saturated rings. The van der Waals surface area contributed by atoms with Crippen LogP contribution < -0.4 is 10.5 Å². The number of rotatable bonds is 6. The Kier molecular flexibility index (Phi) is 4.70. The van der Waals surface area contributed by atoms with Gasteiger partial charge >= 0.3 is 0 Å². The highest BCUT2D eigenvalue weighted by Gasteiger charge is 2.32. The maximum atomic E-state index is 12.0. The van der Waals surface area contributed by atoms with Crippen LogP contribution >= 0.6 is 12.2 Å². The van der Waals surface area contributed by atoms with Crippen molar-refractivity contribution in [2.75, 3.05) is 0 Å². The summed E-state index contributed by atoms with van der Waals surface area (Å²) in [6, 6.07) is -0.0119. The molecule has 1 aliphatic rings. The first-order chi connectivity index (χ1) is 7.38. The smallest absolute Gasteiger partial charge is 0.221 e. The molecule has 0 saturated heterocycles. The Balaban J connectivity index is 2.65. The molecule has 1 rings (SSSR count). The molecule has 0 aromatic heterocycles. The predicted octanol–water partition coefficient (Wildman–Crippen LogP) is 1.16. The molecule has 1 saturated carbocycles. The summed E-state index contributed by atoms with van der Waals surface area (Å²) in [5, 5.41) is -0.745. The molecule has 2 unspecified atom stereocenters. The Hall–Kier alpha value is -0.200. The van der Waals surface area contributed by atoms with E-state index in [0.29, 0.717) is 12.3 Å². The van der Waals surface area contributed by atoms with Crippen LogP contribution in [0.4, 0.5) is 0 Å². The van der Waals surface area contributed by atoms with Crippen LogP contribution in [-0.4, -0.2) is 24.7 Å². The van der Waals surface area contributed by atoms with Crippen molar-refractivity contribution in [1.29, 1.82) is 0 Å². The van der Waals surface area contributed by atoms with Crippen molar-refractivity contribution in [3.05, 3.63) is 0 Å². The van der Waals surface area contributed by atoms with Crippen LogP contribution in [0.5, 0.6) is 0 Å². The van der Waals surface area contributed by atoms with Gasteiger partial charge in [0.15, 0.2) is 0 Å². The summed E-state index contributed by atoms with van der Waals surface area (Å²) in [5.41, 5.74) is 5.44. The van der Waals surface area contributed by atoms with E-state index in [0.717, 1.165) is 12.8 Å². The number of nitrogens with one attached hydrogen (secondary N) is 1. The van der Waals surface area contributed by atoms with E-state index >= 15 is 0 Å². The maximum absolute atomic E-state index is 12.0. The quantitative estimate of drug-likeness (QED) is 0.706. The van der Waals surface area contributed by atoms with E-state index in [1.165, 1.54) is 6.42 Å². The standard InChI is InChI=1S/C10H20N2O2S2/c1-3-9(10(11)15)16(13,14)12-7(2)8-5-4-6-8/h7-9,12H,3-6H2,1-2H3,(H2,11,15). The summed E-state index contributed by atoms with van der Waals surface area (Å²) in [5.74, 6) is 0.471. The first-order valence-corrected chi connectivity index (χ1v) is 7.64. The zero-order chi connectivity index (χ0) is 12.3. The molecule has 94 valence electrons. The van der Waals surface area contributed by atoms with Gasteiger partial charge in [0.1, 0.15) is 5.25 Å². The summed E-state index contributed by atoms with van der Waals surface area (Å²) in [6.45, 7) is 3.69. The van der Waals surface area contributed by atoms with E-state index in [1.54, 1.807) is 6.92 Å². The van der Waals surface area contributed by atoms with Crippen molar-refractivity contribution in [3.8, 4) is 0 Å². The Morgan fingerprint density at radius 2 is 2.12 bits per heavy atom. The van der Waals surface area contributed by atoms with Crippen LogP contribution in [0.3, 0.4) is 0 Å². The van der Waals surface area contributed by atoms with Crippen LogP contribution in [0.15, 0.2) is 0 Å². The molecular weight excluding hydrogens is 244 g/mol. The fourth-order valence-corrected chi connectivity index (χ4v) is 4.12. The van der Waals surface area contributed by atoms with E-state index in [2.05, 4.69) is 4.72 Å². The largest absolute Gasteiger partial charge is 0.392 e. The molecular formula is C10H20N2O2S2.